The fourth-order valence-electron chi connectivity index (χ4n) is 2.20. The molecule has 3 amide bonds. The summed E-state index contributed by atoms with van der Waals surface area (Å²) in [7, 11) is 1.62. The van der Waals surface area contributed by atoms with Crippen LogP contribution in [0.1, 0.15) is 27.2 Å². The zero-order valence-corrected chi connectivity index (χ0v) is 14.7. The SMILES string of the molecule is CCOC(=O)N(C)c1ccc(NC(=O)NC[C@@H](C)C[C@H](C)O)cc1. The van der Waals surface area contributed by atoms with Crippen LogP contribution < -0.4 is 15.5 Å². The summed E-state index contributed by atoms with van der Waals surface area (Å²) in [5.74, 6) is 0.191. The minimum absolute atomic E-state index is 0.191. The van der Waals surface area contributed by atoms with Crippen LogP contribution in [0.3, 0.4) is 0 Å². The second-order valence-corrected chi connectivity index (χ2v) is 5.83. The molecule has 0 unspecified atom stereocenters. The first-order valence-corrected chi connectivity index (χ1v) is 8.07. The van der Waals surface area contributed by atoms with Gasteiger partial charge < -0.3 is 20.5 Å². The second-order valence-electron chi connectivity index (χ2n) is 5.83. The van der Waals surface area contributed by atoms with Gasteiger partial charge in [0, 0.05) is 25.0 Å². The van der Waals surface area contributed by atoms with Crippen LogP contribution in [0.4, 0.5) is 21.0 Å². The standard InChI is InChI=1S/C17H27N3O4/c1-5-24-17(23)20(4)15-8-6-14(7-9-15)19-16(22)18-11-12(2)10-13(3)21/h6-9,12-13,21H,5,10-11H2,1-4H3,(H2,18,19,22)/t12-,13-/m0/s1. The molecule has 0 aliphatic carbocycles. The van der Waals surface area contributed by atoms with Crippen LogP contribution in [0.15, 0.2) is 24.3 Å². The lowest BCUT2D eigenvalue weighted by Gasteiger charge is -2.17. The van der Waals surface area contributed by atoms with E-state index in [0.717, 1.165) is 0 Å². The minimum atomic E-state index is -0.428. The fourth-order valence-corrected chi connectivity index (χ4v) is 2.20. The van der Waals surface area contributed by atoms with Gasteiger partial charge in [0.05, 0.1) is 12.7 Å². The Balaban J connectivity index is 2.49. The molecule has 0 bridgehead atoms. The van der Waals surface area contributed by atoms with Gasteiger partial charge in [-0.15, -0.1) is 0 Å². The molecule has 0 saturated heterocycles. The van der Waals surface area contributed by atoms with Crippen LogP contribution in [0.25, 0.3) is 0 Å². The van der Waals surface area contributed by atoms with Crippen molar-refractivity contribution in [1.29, 1.82) is 0 Å². The van der Waals surface area contributed by atoms with E-state index >= 15 is 0 Å². The molecule has 0 aromatic heterocycles. The number of nitrogens with one attached hydrogen (secondary N) is 2. The van der Waals surface area contributed by atoms with E-state index < -0.39 is 6.09 Å². The number of urea groups is 1. The number of hydrogen-bond donors (Lipinski definition) is 3. The number of anilines is 2. The Hall–Kier alpha value is -2.28. The summed E-state index contributed by atoms with van der Waals surface area (Å²) < 4.78 is 4.92. The predicted molar refractivity (Wildman–Crippen MR) is 94.4 cm³/mol. The molecule has 0 saturated carbocycles. The lowest BCUT2D eigenvalue weighted by Crippen LogP contribution is -2.33. The van der Waals surface area contributed by atoms with Crippen molar-refractivity contribution in [1.82, 2.24) is 5.32 Å². The van der Waals surface area contributed by atoms with Gasteiger partial charge in [0.1, 0.15) is 0 Å². The highest BCUT2D eigenvalue weighted by Crippen LogP contribution is 2.17. The summed E-state index contributed by atoms with van der Waals surface area (Å²) >= 11 is 0. The van der Waals surface area contributed by atoms with Crippen LogP contribution in [0, 0.1) is 5.92 Å². The van der Waals surface area contributed by atoms with Gasteiger partial charge in [-0.05, 0) is 50.5 Å². The van der Waals surface area contributed by atoms with Crippen LogP contribution >= 0.6 is 0 Å². The molecular weight excluding hydrogens is 310 g/mol. The lowest BCUT2D eigenvalue weighted by molar-refractivity contribution is 0.161. The first-order chi connectivity index (χ1) is 11.3. The predicted octanol–water partition coefficient (Wildman–Crippen LogP) is 2.81. The maximum Gasteiger partial charge on any atom is 0.413 e. The summed E-state index contributed by atoms with van der Waals surface area (Å²) in [5, 5.41) is 14.8. The normalized spacial score (nSPS) is 12.9. The molecule has 24 heavy (non-hydrogen) atoms. The third-order valence-electron chi connectivity index (χ3n) is 3.41. The number of nitrogens with zero attached hydrogens (tertiary/aromatic N) is 1. The Morgan fingerprint density at radius 1 is 1.25 bits per heavy atom. The van der Waals surface area contributed by atoms with Crippen LogP contribution in [-0.4, -0.2) is 43.5 Å². The number of benzene rings is 1. The van der Waals surface area contributed by atoms with Gasteiger partial charge in [0.2, 0.25) is 0 Å². The summed E-state index contributed by atoms with van der Waals surface area (Å²) in [6.07, 6.45) is -0.174. The maximum absolute atomic E-state index is 11.8. The number of carbonyl (C=O) groups excluding carboxylic acids is 2. The van der Waals surface area contributed by atoms with Gasteiger partial charge in [0.25, 0.3) is 0 Å². The number of carbonyl (C=O) groups is 2. The Morgan fingerprint density at radius 3 is 2.42 bits per heavy atom. The topological polar surface area (TPSA) is 90.9 Å². The molecular formula is C17H27N3O4. The van der Waals surface area contributed by atoms with E-state index in [9.17, 15) is 14.7 Å². The Kier molecular flexibility index (Phi) is 8.05. The molecule has 1 rings (SSSR count). The van der Waals surface area contributed by atoms with Crippen molar-refractivity contribution in [2.24, 2.45) is 5.92 Å². The van der Waals surface area contributed by atoms with Crippen molar-refractivity contribution < 1.29 is 19.4 Å². The van der Waals surface area contributed by atoms with Gasteiger partial charge in [-0.25, -0.2) is 9.59 Å². The molecule has 7 nitrogen and oxygen atoms in total. The zero-order chi connectivity index (χ0) is 18.1. The fraction of sp³-hybridized carbons (Fsp3) is 0.529. The van der Waals surface area contributed by atoms with Gasteiger partial charge in [-0.2, -0.15) is 0 Å². The van der Waals surface area contributed by atoms with E-state index in [1.54, 1.807) is 45.2 Å². The van der Waals surface area contributed by atoms with Crippen LogP contribution in [0.2, 0.25) is 0 Å². The van der Waals surface area contributed by atoms with Gasteiger partial charge in [-0.1, -0.05) is 6.92 Å². The number of ether oxygens (including phenoxy) is 1. The highest BCUT2D eigenvalue weighted by molar-refractivity contribution is 5.90. The minimum Gasteiger partial charge on any atom is -0.449 e. The first-order valence-electron chi connectivity index (χ1n) is 8.07. The zero-order valence-electron chi connectivity index (χ0n) is 14.7. The maximum atomic E-state index is 11.8. The van der Waals surface area contributed by atoms with E-state index in [4.69, 9.17) is 4.74 Å². The second kappa shape index (κ2) is 9.77. The largest absolute Gasteiger partial charge is 0.449 e. The molecule has 2 atom stereocenters. The molecule has 0 spiro atoms. The monoisotopic (exact) mass is 337 g/mol. The number of hydrogen-bond acceptors (Lipinski definition) is 4. The third kappa shape index (κ3) is 6.87. The van der Waals surface area contributed by atoms with Gasteiger partial charge in [-0.3, -0.25) is 4.90 Å². The molecule has 0 aliphatic heterocycles. The summed E-state index contributed by atoms with van der Waals surface area (Å²) in [5.41, 5.74) is 1.29. The number of aliphatic hydroxyl groups is 1. The number of amides is 3. The molecule has 3 N–H and O–H groups in total. The van der Waals surface area contributed by atoms with Crippen molar-refractivity contribution in [3.8, 4) is 0 Å². The van der Waals surface area contributed by atoms with E-state index in [1.807, 2.05) is 6.92 Å². The number of rotatable bonds is 7. The quantitative estimate of drug-likeness (QED) is 0.713. The molecule has 1 aromatic rings. The molecule has 0 heterocycles. The van der Waals surface area contributed by atoms with Crippen LogP contribution in [0.5, 0.6) is 0 Å². The number of aliphatic hydroxyl groups excluding tert-OH is 1. The smallest absolute Gasteiger partial charge is 0.413 e. The van der Waals surface area contributed by atoms with E-state index in [-0.39, 0.29) is 18.1 Å². The van der Waals surface area contributed by atoms with Crippen molar-refractivity contribution >= 4 is 23.5 Å². The highest BCUT2D eigenvalue weighted by atomic mass is 16.6. The van der Waals surface area contributed by atoms with E-state index in [2.05, 4.69) is 10.6 Å². The Bertz CT molecular complexity index is 531. The van der Waals surface area contributed by atoms with Gasteiger partial charge >= 0.3 is 12.1 Å². The lowest BCUT2D eigenvalue weighted by atomic mass is 10.1. The summed E-state index contributed by atoms with van der Waals surface area (Å²) in [4.78, 5) is 24.9. The summed E-state index contributed by atoms with van der Waals surface area (Å²) in [6, 6.07) is 6.57. The van der Waals surface area contributed by atoms with Crippen molar-refractivity contribution in [2.75, 3.05) is 30.4 Å². The summed E-state index contributed by atoms with van der Waals surface area (Å²) in [6.45, 7) is 6.24. The molecule has 7 heteroatoms. The molecule has 0 radical (unpaired) electrons. The Labute approximate surface area is 143 Å². The molecule has 1 aromatic carbocycles. The average Bonchev–Trinajstić information content (AvgIpc) is 2.52. The average molecular weight is 337 g/mol. The van der Waals surface area contributed by atoms with E-state index in [1.165, 1.54) is 4.90 Å². The van der Waals surface area contributed by atoms with Crippen molar-refractivity contribution in [3.63, 3.8) is 0 Å². The molecule has 0 aliphatic rings. The Morgan fingerprint density at radius 2 is 1.88 bits per heavy atom. The van der Waals surface area contributed by atoms with E-state index in [0.29, 0.717) is 30.9 Å². The van der Waals surface area contributed by atoms with Gasteiger partial charge in [0.15, 0.2) is 0 Å². The molecule has 0 fully saturated rings. The third-order valence-corrected chi connectivity index (χ3v) is 3.41. The van der Waals surface area contributed by atoms with Crippen molar-refractivity contribution in [2.45, 2.75) is 33.3 Å². The molecule has 134 valence electrons. The highest BCUT2D eigenvalue weighted by Gasteiger charge is 2.12. The van der Waals surface area contributed by atoms with Crippen molar-refractivity contribution in [3.05, 3.63) is 24.3 Å². The first kappa shape index (κ1) is 19.8. The van der Waals surface area contributed by atoms with Crippen LogP contribution in [-0.2, 0) is 4.74 Å².